The molecule has 0 aliphatic heterocycles. The van der Waals surface area contributed by atoms with Crippen molar-refractivity contribution in [2.24, 2.45) is 0 Å². The summed E-state index contributed by atoms with van der Waals surface area (Å²) in [7, 11) is 0. The zero-order valence-corrected chi connectivity index (χ0v) is 7.65. The molecule has 1 aromatic heterocycles. The van der Waals surface area contributed by atoms with Crippen molar-refractivity contribution < 1.29 is 13.2 Å². The SMILES string of the molecule is N#Cc1cc(F)nc(C(F)F)c1Br. The largest absolute Gasteiger partial charge is 0.281 e. The van der Waals surface area contributed by atoms with E-state index in [1.807, 2.05) is 0 Å². The third-order valence-corrected chi connectivity index (χ3v) is 2.11. The molecule has 0 saturated heterocycles. The van der Waals surface area contributed by atoms with Gasteiger partial charge in [-0.2, -0.15) is 9.65 Å². The van der Waals surface area contributed by atoms with Crippen LogP contribution in [0.2, 0.25) is 0 Å². The summed E-state index contributed by atoms with van der Waals surface area (Å²) in [6.45, 7) is 0. The number of hydrogen-bond donors (Lipinski definition) is 0. The van der Waals surface area contributed by atoms with Crippen molar-refractivity contribution >= 4 is 15.9 Å². The van der Waals surface area contributed by atoms with Crippen LogP contribution in [0.5, 0.6) is 0 Å². The van der Waals surface area contributed by atoms with Gasteiger partial charge < -0.3 is 0 Å². The molecule has 0 bridgehead atoms. The molecule has 0 aliphatic carbocycles. The van der Waals surface area contributed by atoms with Crippen molar-refractivity contribution in [3.05, 3.63) is 27.7 Å². The normalized spacial score (nSPS) is 10.2. The van der Waals surface area contributed by atoms with Gasteiger partial charge in [-0.3, -0.25) is 0 Å². The standard InChI is InChI=1S/C7H2BrF3N2/c8-5-3(2-12)1-4(9)13-6(5)7(10)11/h1,7H. The van der Waals surface area contributed by atoms with E-state index in [2.05, 4.69) is 20.9 Å². The molecule has 1 rings (SSSR count). The first-order valence-electron chi connectivity index (χ1n) is 3.10. The Balaban J connectivity index is 3.38. The molecule has 0 spiro atoms. The molecule has 0 saturated carbocycles. The Morgan fingerprint density at radius 1 is 1.54 bits per heavy atom. The number of rotatable bonds is 1. The second kappa shape index (κ2) is 3.75. The second-order valence-electron chi connectivity index (χ2n) is 2.10. The van der Waals surface area contributed by atoms with Gasteiger partial charge in [0.05, 0.1) is 10.0 Å². The predicted octanol–water partition coefficient (Wildman–Crippen LogP) is 2.79. The van der Waals surface area contributed by atoms with Crippen LogP contribution in [0.15, 0.2) is 10.5 Å². The second-order valence-corrected chi connectivity index (χ2v) is 2.90. The smallest absolute Gasteiger partial charge is 0.217 e. The van der Waals surface area contributed by atoms with Crippen LogP contribution in [0.25, 0.3) is 0 Å². The van der Waals surface area contributed by atoms with Gasteiger partial charge in [0.1, 0.15) is 11.8 Å². The number of nitrogens with zero attached hydrogens (tertiary/aromatic N) is 2. The van der Waals surface area contributed by atoms with Crippen LogP contribution in [-0.4, -0.2) is 4.98 Å². The fraction of sp³-hybridized carbons (Fsp3) is 0.143. The zero-order chi connectivity index (χ0) is 10.0. The van der Waals surface area contributed by atoms with E-state index in [0.717, 1.165) is 6.07 Å². The maximum Gasteiger partial charge on any atom is 0.281 e. The Kier molecular flexibility index (Phi) is 2.88. The molecule has 0 fully saturated rings. The maximum absolute atomic E-state index is 12.5. The molecular formula is C7H2BrF3N2. The van der Waals surface area contributed by atoms with Gasteiger partial charge >= 0.3 is 0 Å². The van der Waals surface area contributed by atoms with Gasteiger partial charge in [0.15, 0.2) is 0 Å². The van der Waals surface area contributed by atoms with E-state index in [1.165, 1.54) is 0 Å². The summed E-state index contributed by atoms with van der Waals surface area (Å²) in [6.07, 6.45) is -2.91. The summed E-state index contributed by atoms with van der Waals surface area (Å²) in [5.74, 6) is -1.09. The monoisotopic (exact) mass is 250 g/mol. The highest BCUT2D eigenvalue weighted by Crippen LogP contribution is 2.28. The number of alkyl halides is 2. The Hall–Kier alpha value is -1.09. The van der Waals surface area contributed by atoms with E-state index in [4.69, 9.17) is 5.26 Å². The molecule has 68 valence electrons. The molecule has 1 heterocycles. The first-order chi connectivity index (χ1) is 6.06. The average molecular weight is 251 g/mol. The molecule has 0 aromatic carbocycles. The molecule has 0 aliphatic rings. The summed E-state index contributed by atoms with van der Waals surface area (Å²) in [5, 5.41) is 8.43. The van der Waals surface area contributed by atoms with Crippen molar-refractivity contribution in [1.82, 2.24) is 4.98 Å². The van der Waals surface area contributed by atoms with Gasteiger partial charge in [0.25, 0.3) is 6.43 Å². The maximum atomic E-state index is 12.5. The minimum atomic E-state index is -2.91. The van der Waals surface area contributed by atoms with Crippen LogP contribution < -0.4 is 0 Å². The Morgan fingerprint density at radius 3 is 2.62 bits per heavy atom. The molecule has 0 N–H and O–H groups in total. The third-order valence-electron chi connectivity index (χ3n) is 1.28. The van der Waals surface area contributed by atoms with E-state index in [1.54, 1.807) is 6.07 Å². The lowest BCUT2D eigenvalue weighted by molar-refractivity contribution is 0.144. The zero-order valence-electron chi connectivity index (χ0n) is 6.06. The molecule has 0 atom stereocenters. The van der Waals surface area contributed by atoms with E-state index >= 15 is 0 Å². The summed E-state index contributed by atoms with van der Waals surface area (Å²) in [5.41, 5.74) is -0.945. The Morgan fingerprint density at radius 2 is 2.15 bits per heavy atom. The molecule has 2 nitrogen and oxygen atoms in total. The molecule has 1 aromatic rings. The van der Waals surface area contributed by atoms with Crippen LogP contribution >= 0.6 is 15.9 Å². The molecule has 13 heavy (non-hydrogen) atoms. The molecular weight excluding hydrogens is 249 g/mol. The molecule has 0 amide bonds. The highest BCUT2D eigenvalue weighted by atomic mass is 79.9. The number of halogens is 4. The number of hydrogen-bond acceptors (Lipinski definition) is 2. The van der Waals surface area contributed by atoms with Crippen molar-refractivity contribution in [2.75, 3.05) is 0 Å². The first kappa shape index (κ1) is 9.99. The van der Waals surface area contributed by atoms with E-state index in [-0.39, 0.29) is 10.0 Å². The number of aromatic nitrogens is 1. The Bertz CT molecular complexity index is 373. The van der Waals surface area contributed by atoms with E-state index in [9.17, 15) is 13.2 Å². The van der Waals surface area contributed by atoms with Crippen LogP contribution in [0.1, 0.15) is 17.7 Å². The fourth-order valence-electron chi connectivity index (χ4n) is 0.743. The third kappa shape index (κ3) is 1.98. The van der Waals surface area contributed by atoms with Crippen molar-refractivity contribution in [3.63, 3.8) is 0 Å². The van der Waals surface area contributed by atoms with Gasteiger partial charge in [-0.05, 0) is 15.9 Å². The first-order valence-corrected chi connectivity index (χ1v) is 3.89. The van der Waals surface area contributed by atoms with Crippen LogP contribution in [-0.2, 0) is 0 Å². The van der Waals surface area contributed by atoms with Crippen LogP contribution in [0, 0.1) is 17.3 Å². The fourth-order valence-corrected chi connectivity index (χ4v) is 1.21. The lowest BCUT2D eigenvalue weighted by Crippen LogP contribution is -1.97. The van der Waals surface area contributed by atoms with Crippen molar-refractivity contribution in [2.45, 2.75) is 6.43 Å². The predicted molar refractivity (Wildman–Crippen MR) is 41.6 cm³/mol. The minimum absolute atomic E-state index is 0.161. The van der Waals surface area contributed by atoms with Gasteiger partial charge in [-0.1, -0.05) is 0 Å². The summed E-state index contributed by atoms with van der Waals surface area (Å²) in [4.78, 5) is 2.97. The molecule has 6 heteroatoms. The Labute approximate surface area is 80.1 Å². The van der Waals surface area contributed by atoms with Gasteiger partial charge in [-0.25, -0.2) is 13.8 Å². The highest BCUT2D eigenvalue weighted by molar-refractivity contribution is 9.10. The van der Waals surface area contributed by atoms with Gasteiger partial charge in [-0.15, -0.1) is 0 Å². The number of pyridine rings is 1. The van der Waals surface area contributed by atoms with Crippen LogP contribution in [0.4, 0.5) is 13.2 Å². The topological polar surface area (TPSA) is 36.7 Å². The summed E-state index contributed by atoms with van der Waals surface area (Å²) >= 11 is 2.74. The number of nitriles is 1. The summed E-state index contributed by atoms with van der Waals surface area (Å²) in [6, 6.07) is 2.36. The highest BCUT2D eigenvalue weighted by Gasteiger charge is 2.18. The summed E-state index contributed by atoms with van der Waals surface area (Å²) < 4.78 is 36.7. The van der Waals surface area contributed by atoms with E-state index < -0.39 is 18.1 Å². The minimum Gasteiger partial charge on any atom is -0.217 e. The van der Waals surface area contributed by atoms with Gasteiger partial charge in [0.2, 0.25) is 5.95 Å². The van der Waals surface area contributed by atoms with E-state index in [0.29, 0.717) is 0 Å². The van der Waals surface area contributed by atoms with Crippen LogP contribution in [0.3, 0.4) is 0 Å². The average Bonchev–Trinajstić information content (AvgIpc) is 2.08. The lowest BCUT2D eigenvalue weighted by atomic mass is 10.2. The quantitative estimate of drug-likeness (QED) is 0.719. The lowest BCUT2D eigenvalue weighted by Gasteiger charge is -2.03. The van der Waals surface area contributed by atoms with Crippen molar-refractivity contribution in [1.29, 1.82) is 5.26 Å². The van der Waals surface area contributed by atoms with Gasteiger partial charge in [0, 0.05) is 6.07 Å². The molecule has 0 unspecified atom stereocenters. The molecule has 0 radical (unpaired) electrons. The van der Waals surface area contributed by atoms with Crippen molar-refractivity contribution in [3.8, 4) is 6.07 Å².